The molecule has 0 spiro atoms. The number of hydrogen-bond acceptors (Lipinski definition) is 7. The number of benzene rings is 1. The summed E-state index contributed by atoms with van der Waals surface area (Å²) < 4.78 is 7.68. The fourth-order valence-electron chi connectivity index (χ4n) is 3.43. The second-order valence-electron chi connectivity index (χ2n) is 7.45. The van der Waals surface area contributed by atoms with Crippen LogP contribution in [0.25, 0.3) is 10.9 Å². The van der Waals surface area contributed by atoms with E-state index in [0.29, 0.717) is 17.1 Å². The lowest BCUT2D eigenvalue weighted by Crippen LogP contribution is -2.39. The molecular weight excluding hydrogens is 424 g/mol. The third kappa shape index (κ3) is 4.45. The number of pyridine rings is 2. The molecule has 0 aliphatic carbocycles. The third-order valence-corrected chi connectivity index (χ3v) is 5.25. The first kappa shape index (κ1) is 21.8. The Bertz CT molecular complexity index is 1460. The average Bonchev–Trinajstić information content (AvgIpc) is 2.84. The molecule has 0 saturated carbocycles. The maximum absolute atomic E-state index is 13.2. The van der Waals surface area contributed by atoms with Crippen molar-refractivity contribution in [3.05, 3.63) is 92.5 Å². The summed E-state index contributed by atoms with van der Waals surface area (Å²) in [6.07, 6.45) is 2.92. The minimum atomic E-state index is -0.505. The molecule has 0 unspecified atom stereocenters. The predicted octanol–water partition coefficient (Wildman–Crippen LogP) is 1.06. The molecular formula is C23H22N6O4. The molecule has 0 radical (unpaired) electrons. The molecule has 3 N–H and O–H groups in total. The molecule has 0 bridgehead atoms. The van der Waals surface area contributed by atoms with E-state index >= 15 is 0 Å². The molecule has 1 amide bonds. The number of fused-ring (bicyclic) bond motifs is 1. The van der Waals surface area contributed by atoms with Gasteiger partial charge in [0.25, 0.3) is 11.5 Å². The predicted molar refractivity (Wildman–Crippen MR) is 123 cm³/mol. The van der Waals surface area contributed by atoms with Crippen LogP contribution in [0.15, 0.2) is 64.4 Å². The monoisotopic (exact) mass is 446 g/mol. The molecule has 0 aliphatic rings. The molecule has 4 aromatic rings. The summed E-state index contributed by atoms with van der Waals surface area (Å²) in [5, 5.41) is 2.96. The van der Waals surface area contributed by atoms with Gasteiger partial charge in [0.15, 0.2) is 0 Å². The summed E-state index contributed by atoms with van der Waals surface area (Å²) in [6.45, 7) is 0.284. The molecule has 3 heterocycles. The van der Waals surface area contributed by atoms with Crippen molar-refractivity contribution in [2.45, 2.75) is 13.1 Å². The van der Waals surface area contributed by atoms with Crippen molar-refractivity contribution in [2.24, 2.45) is 7.05 Å². The van der Waals surface area contributed by atoms with Gasteiger partial charge >= 0.3 is 5.69 Å². The van der Waals surface area contributed by atoms with E-state index in [1.807, 2.05) is 0 Å². The van der Waals surface area contributed by atoms with Gasteiger partial charge in [-0.05, 0) is 35.4 Å². The van der Waals surface area contributed by atoms with Crippen LogP contribution in [0.2, 0.25) is 0 Å². The van der Waals surface area contributed by atoms with E-state index in [1.165, 1.54) is 16.8 Å². The maximum atomic E-state index is 13.2. The first-order chi connectivity index (χ1) is 15.9. The van der Waals surface area contributed by atoms with E-state index in [0.717, 1.165) is 15.7 Å². The Hall–Kier alpha value is -4.47. The van der Waals surface area contributed by atoms with Crippen molar-refractivity contribution >= 4 is 22.6 Å². The van der Waals surface area contributed by atoms with Gasteiger partial charge in [-0.2, -0.15) is 0 Å². The third-order valence-electron chi connectivity index (χ3n) is 5.25. The van der Waals surface area contributed by atoms with Gasteiger partial charge in [-0.1, -0.05) is 18.2 Å². The fourth-order valence-corrected chi connectivity index (χ4v) is 3.43. The quantitative estimate of drug-likeness (QED) is 0.452. The van der Waals surface area contributed by atoms with Crippen molar-refractivity contribution in [3.8, 4) is 5.75 Å². The fraction of sp³-hybridized carbons (Fsp3) is 0.174. The van der Waals surface area contributed by atoms with Gasteiger partial charge in [-0.15, -0.1) is 0 Å². The van der Waals surface area contributed by atoms with Gasteiger partial charge in [0, 0.05) is 19.8 Å². The number of nitrogens with two attached hydrogens (primary N) is 1. The highest BCUT2D eigenvalue weighted by atomic mass is 16.5. The lowest BCUT2D eigenvalue weighted by atomic mass is 10.2. The Kier molecular flexibility index (Phi) is 5.90. The Morgan fingerprint density at radius 3 is 2.64 bits per heavy atom. The van der Waals surface area contributed by atoms with Crippen LogP contribution >= 0.6 is 0 Å². The molecule has 33 heavy (non-hydrogen) atoms. The first-order valence-electron chi connectivity index (χ1n) is 10.1. The molecule has 4 rings (SSSR count). The molecule has 0 fully saturated rings. The summed E-state index contributed by atoms with van der Waals surface area (Å²) in [4.78, 5) is 46.8. The minimum absolute atomic E-state index is 0.0621. The summed E-state index contributed by atoms with van der Waals surface area (Å²) in [5.74, 6) is 0.552. The van der Waals surface area contributed by atoms with Crippen molar-refractivity contribution in [1.29, 1.82) is 0 Å². The van der Waals surface area contributed by atoms with Crippen molar-refractivity contribution in [2.75, 3.05) is 12.8 Å². The van der Waals surface area contributed by atoms with Crippen LogP contribution in [0.3, 0.4) is 0 Å². The Morgan fingerprint density at radius 2 is 1.91 bits per heavy atom. The Morgan fingerprint density at radius 1 is 1.09 bits per heavy atom. The van der Waals surface area contributed by atoms with Gasteiger partial charge in [-0.3, -0.25) is 18.7 Å². The van der Waals surface area contributed by atoms with Gasteiger partial charge in [0.1, 0.15) is 17.3 Å². The lowest BCUT2D eigenvalue weighted by molar-refractivity contribution is 0.0946. The van der Waals surface area contributed by atoms with E-state index in [4.69, 9.17) is 10.5 Å². The van der Waals surface area contributed by atoms with Crippen molar-refractivity contribution < 1.29 is 9.53 Å². The second kappa shape index (κ2) is 8.95. The number of amides is 1. The largest absolute Gasteiger partial charge is 0.497 e. The van der Waals surface area contributed by atoms with E-state index in [1.54, 1.807) is 56.8 Å². The highest BCUT2D eigenvalue weighted by molar-refractivity contribution is 5.95. The van der Waals surface area contributed by atoms with E-state index in [-0.39, 0.29) is 24.2 Å². The van der Waals surface area contributed by atoms with Crippen LogP contribution < -0.4 is 27.0 Å². The molecule has 10 nitrogen and oxygen atoms in total. The molecule has 0 saturated heterocycles. The average molecular weight is 446 g/mol. The molecule has 1 aromatic carbocycles. The van der Waals surface area contributed by atoms with E-state index in [2.05, 4.69) is 15.3 Å². The number of nitrogens with one attached hydrogen (secondary N) is 1. The summed E-state index contributed by atoms with van der Waals surface area (Å²) in [5.41, 5.74) is 6.48. The van der Waals surface area contributed by atoms with E-state index < -0.39 is 17.2 Å². The SMILES string of the molecule is COc1cccc(Cn2c(=O)c3cc(C(=O)NCc4ccc(N)nc4)ncc3n(C)c2=O)c1. The zero-order chi connectivity index (χ0) is 23.5. The van der Waals surface area contributed by atoms with Gasteiger partial charge in [0.2, 0.25) is 0 Å². The maximum Gasteiger partial charge on any atom is 0.331 e. The van der Waals surface area contributed by atoms with Crippen LogP contribution in [0, 0.1) is 0 Å². The van der Waals surface area contributed by atoms with E-state index in [9.17, 15) is 14.4 Å². The zero-order valence-electron chi connectivity index (χ0n) is 18.1. The van der Waals surface area contributed by atoms with Gasteiger partial charge < -0.3 is 15.8 Å². The van der Waals surface area contributed by atoms with Crippen molar-refractivity contribution in [1.82, 2.24) is 24.4 Å². The summed E-state index contributed by atoms with van der Waals surface area (Å²) >= 11 is 0. The summed E-state index contributed by atoms with van der Waals surface area (Å²) in [6, 6.07) is 11.9. The number of rotatable bonds is 6. The van der Waals surface area contributed by atoms with Crippen molar-refractivity contribution in [3.63, 3.8) is 0 Å². The normalized spacial score (nSPS) is 10.8. The smallest absolute Gasteiger partial charge is 0.331 e. The first-order valence-corrected chi connectivity index (χ1v) is 10.1. The Labute approximate surface area is 188 Å². The second-order valence-corrected chi connectivity index (χ2v) is 7.45. The van der Waals surface area contributed by atoms with Crippen LogP contribution in [0.4, 0.5) is 5.82 Å². The number of nitrogen functional groups attached to an aromatic ring is 1. The number of aromatic nitrogens is 4. The molecule has 0 atom stereocenters. The van der Waals surface area contributed by atoms with Gasteiger partial charge in [-0.25, -0.2) is 14.8 Å². The number of aryl methyl sites for hydroxylation is 1. The van der Waals surface area contributed by atoms with Crippen LogP contribution in [0.5, 0.6) is 5.75 Å². The molecule has 10 heteroatoms. The lowest BCUT2D eigenvalue weighted by Gasteiger charge is -2.12. The Balaban J connectivity index is 1.67. The highest BCUT2D eigenvalue weighted by Gasteiger charge is 2.15. The number of hydrogen-bond donors (Lipinski definition) is 2. The standard InChI is InChI=1S/C23H22N6O4/c1-28-19-12-25-18(21(30)27-11-15-6-7-20(24)26-10-15)9-17(19)22(31)29(23(28)32)13-14-4-3-5-16(8-14)33-2/h3-10,12H,11,13H2,1-2H3,(H2,24,26)(H,27,30). The minimum Gasteiger partial charge on any atom is -0.497 e. The topological polar surface area (TPSA) is 134 Å². The van der Waals surface area contributed by atoms with Crippen LogP contribution in [-0.2, 0) is 20.1 Å². The highest BCUT2D eigenvalue weighted by Crippen LogP contribution is 2.14. The summed E-state index contributed by atoms with van der Waals surface area (Å²) in [7, 11) is 3.10. The zero-order valence-corrected chi connectivity index (χ0v) is 18.1. The number of anilines is 1. The molecule has 168 valence electrons. The molecule has 0 aliphatic heterocycles. The molecule has 3 aromatic heterocycles. The number of methoxy groups -OCH3 is 1. The van der Waals surface area contributed by atoms with Gasteiger partial charge in [0.05, 0.1) is 30.8 Å². The number of carbonyl (C=O) groups excluding carboxylic acids is 1. The van der Waals surface area contributed by atoms with Crippen LogP contribution in [0.1, 0.15) is 21.6 Å². The number of ether oxygens (including phenoxy) is 1. The number of nitrogens with zero attached hydrogens (tertiary/aromatic N) is 4. The van der Waals surface area contributed by atoms with Crippen LogP contribution in [-0.4, -0.2) is 32.1 Å². The number of carbonyl (C=O) groups is 1.